The fraction of sp³-hybridized carbons (Fsp3) is 0.0625. The first-order chi connectivity index (χ1) is 11.3. The zero-order valence-electron chi connectivity index (χ0n) is 12.0. The van der Waals surface area contributed by atoms with Gasteiger partial charge in [-0.15, -0.1) is 5.10 Å². The van der Waals surface area contributed by atoms with Crippen LogP contribution in [0.3, 0.4) is 0 Å². The van der Waals surface area contributed by atoms with E-state index in [0.717, 1.165) is 22.2 Å². The van der Waals surface area contributed by atoms with E-state index in [1.807, 2.05) is 18.2 Å². The highest BCUT2D eigenvalue weighted by Gasteiger charge is 2.13. The Labute approximate surface area is 130 Å². The molecule has 4 aromatic rings. The number of anilines is 1. The molecule has 0 saturated heterocycles. The summed E-state index contributed by atoms with van der Waals surface area (Å²) in [5.74, 6) is 0.118. The molecule has 0 aliphatic heterocycles. The van der Waals surface area contributed by atoms with Crippen molar-refractivity contribution in [3.05, 3.63) is 60.2 Å². The fourth-order valence-corrected chi connectivity index (χ4v) is 2.36. The van der Waals surface area contributed by atoms with E-state index in [2.05, 4.69) is 25.5 Å². The molecule has 0 aliphatic rings. The normalized spacial score (nSPS) is 11.0. The van der Waals surface area contributed by atoms with Crippen molar-refractivity contribution >= 4 is 17.0 Å². The highest BCUT2D eigenvalue weighted by atomic mass is 19.1. The Morgan fingerprint density at radius 2 is 2.13 bits per heavy atom. The van der Waals surface area contributed by atoms with Gasteiger partial charge in [-0.3, -0.25) is 0 Å². The maximum atomic E-state index is 13.1. The molecule has 0 atom stereocenters. The minimum absolute atomic E-state index is 0.276. The second-order valence-corrected chi connectivity index (χ2v) is 5.00. The van der Waals surface area contributed by atoms with Gasteiger partial charge in [-0.1, -0.05) is 17.2 Å². The van der Waals surface area contributed by atoms with Crippen LogP contribution in [0.1, 0.15) is 5.56 Å². The van der Waals surface area contributed by atoms with Crippen LogP contribution in [0.25, 0.3) is 22.5 Å². The Kier molecular flexibility index (Phi) is 3.23. The minimum Gasteiger partial charge on any atom is -0.403 e. The number of aromatic nitrogens is 4. The first-order valence-electron chi connectivity index (χ1n) is 7.04. The predicted octanol–water partition coefficient (Wildman–Crippen LogP) is 3.36. The predicted molar refractivity (Wildman–Crippen MR) is 83.1 cm³/mol. The molecule has 0 radical (unpaired) electrons. The van der Waals surface area contributed by atoms with Gasteiger partial charge < -0.3 is 14.7 Å². The van der Waals surface area contributed by atoms with Crippen molar-refractivity contribution in [3.8, 4) is 11.5 Å². The van der Waals surface area contributed by atoms with Gasteiger partial charge in [-0.2, -0.15) is 0 Å². The van der Waals surface area contributed by atoms with Gasteiger partial charge in [0.15, 0.2) is 0 Å². The third kappa shape index (κ3) is 2.64. The van der Waals surface area contributed by atoms with E-state index in [1.54, 1.807) is 18.5 Å². The summed E-state index contributed by atoms with van der Waals surface area (Å²) in [7, 11) is 0. The summed E-state index contributed by atoms with van der Waals surface area (Å²) in [5.41, 5.74) is 2.34. The summed E-state index contributed by atoms with van der Waals surface area (Å²) in [4.78, 5) is 7.28. The molecule has 3 aromatic heterocycles. The molecule has 0 spiro atoms. The highest BCUT2D eigenvalue weighted by Crippen LogP contribution is 2.27. The topological polar surface area (TPSA) is 79.6 Å². The Bertz CT molecular complexity index is 962. The van der Waals surface area contributed by atoms with Crippen molar-refractivity contribution < 1.29 is 8.81 Å². The van der Waals surface area contributed by atoms with E-state index in [1.165, 1.54) is 12.1 Å². The second-order valence-electron chi connectivity index (χ2n) is 5.00. The van der Waals surface area contributed by atoms with Crippen LogP contribution in [-0.4, -0.2) is 20.2 Å². The summed E-state index contributed by atoms with van der Waals surface area (Å²) in [6, 6.07) is 10.4. The maximum absolute atomic E-state index is 13.1. The first-order valence-corrected chi connectivity index (χ1v) is 7.04. The molecule has 23 heavy (non-hydrogen) atoms. The molecule has 6 nitrogen and oxygen atoms in total. The molecule has 0 fully saturated rings. The lowest BCUT2D eigenvalue weighted by atomic mass is 10.2. The van der Waals surface area contributed by atoms with Gasteiger partial charge in [0.25, 0.3) is 5.89 Å². The van der Waals surface area contributed by atoms with E-state index in [-0.39, 0.29) is 11.8 Å². The van der Waals surface area contributed by atoms with Gasteiger partial charge in [-0.05, 0) is 29.8 Å². The van der Waals surface area contributed by atoms with Crippen LogP contribution in [0.5, 0.6) is 0 Å². The van der Waals surface area contributed by atoms with Crippen LogP contribution >= 0.6 is 0 Å². The fourth-order valence-electron chi connectivity index (χ4n) is 2.36. The van der Waals surface area contributed by atoms with Crippen molar-refractivity contribution in [1.29, 1.82) is 0 Å². The Morgan fingerprint density at radius 1 is 1.17 bits per heavy atom. The lowest BCUT2D eigenvalue weighted by Gasteiger charge is -2.01. The molecule has 3 heterocycles. The van der Waals surface area contributed by atoms with E-state index in [9.17, 15) is 4.39 Å². The van der Waals surface area contributed by atoms with Gasteiger partial charge in [0.1, 0.15) is 11.5 Å². The summed E-state index contributed by atoms with van der Waals surface area (Å²) in [6.45, 7) is 0.398. The molecule has 0 saturated carbocycles. The summed E-state index contributed by atoms with van der Waals surface area (Å²) < 4.78 is 18.8. The monoisotopic (exact) mass is 309 g/mol. The molecular formula is C16H12FN5O. The van der Waals surface area contributed by atoms with Gasteiger partial charge in [0.2, 0.25) is 0 Å². The van der Waals surface area contributed by atoms with Gasteiger partial charge in [-0.25, -0.2) is 9.37 Å². The lowest BCUT2D eigenvalue weighted by molar-refractivity contribution is 0.581. The number of benzene rings is 1. The number of nitrogens with one attached hydrogen (secondary N) is 2. The third-order valence-electron chi connectivity index (χ3n) is 3.44. The molecule has 0 unspecified atom stereocenters. The van der Waals surface area contributed by atoms with Crippen LogP contribution in [0.15, 0.2) is 53.2 Å². The van der Waals surface area contributed by atoms with E-state index in [4.69, 9.17) is 4.42 Å². The lowest BCUT2D eigenvalue weighted by Crippen LogP contribution is -1.99. The highest BCUT2D eigenvalue weighted by molar-refractivity contribution is 5.90. The quantitative estimate of drug-likeness (QED) is 0.604. The van der Waals surface area contributed by atoms with Crippen molar-refractivity contribution in [2.24, 2.45) is 0 Å². The summed E-state index contributed by atoms with van der Waals surface area (Å²) in [5, 5.41) is 11.9. The zero-order chi connectivity index (χ0) is 15.6. The van der Waals surface area contributed by atoms with Crippen LogP contribution in [-0.2, 0) is 6.54 Å². The molecule has 114 valence electrons. The van der Waals surface area contributed by atoms with E-state index >= 15 is 0 Å². The average Bonchev–Trinajstić information content (AvgIpc) is 3.19. The molecular weight excluding hydrogens is 297 g/mol. The Balaban J connectivity index is 1.55. The van der Waals surface area contributed by atoms with Gasteiger partial charge >= 0.3 is 6.01 Å². The maximum Gasteiger partial charge on any atom is 0.316 e. The molecule has 2 N–H and O–H groups in total. The van der Waals surface area contributed by atoms with Crippen molar-refractivity contribution in [1.82, 2.24) is 20.2 Å². The standard InChI is InChI=1S/C16H12FN5O/c17-11-4-1-3-10(7-11)8-20-16-22-21-15(23-16)13-9-19-14-12(13)5-2-6-18-14/h1-7,9H,8H2,(H,18,19)(H,20,22). The molecule has 1 aromatic carbocycles. The summed E-state index contributed by atoms with van der Waals surface area (Å²) >= 11 is 0. The zero-order valence-corrected chi connectivity index (χ0v) is 12.0. The largest absolute Gasteiger partial charge is 0.403 e. The van der Waals surface area contributed by atoms with Crippen molar-refractivity contribution in [2.45, 2.75) is 6.54 Å². The van der Waals surface area contributed by atoms with E-state index in [0.29, 0.717) is 12.4 Å². The number of pyridine rings is 1. The summed E-state index contributed by atoms with van der Waals surface area (Å²) in [6.07, 6.45) is 3.49. The number of rotatable bonds is 4. The minimum atomic E-state index is -0.276. The number of hydrogen-bond donors (Lipinski definition) is 2. The number of H-pyrrole nitrogens is 1. The molecule has 7 heteroatoms. The molecule has 0 aliphatic carbocycles. The number of fused-ring (bicyclic) bond motifs is 1. The Morgan fingerprint density at radius 3 is 3.04 bits per heavy atom. The first kappa shape index (κ1) is 13.4. The third-order valence-corrected chi connectivity index (χ3v) is 3.44. The number of halogens is 1. The molecule has 0 bridgehead atoms. The SMILES string of the molecule is Fc1cccc(CNc2nnc(-c3c[nH]c4ncccc34)o2)c1. The average molecular weight is 309 g/mol. The van der Waals surface area contributed by atoms with Crippen LogP contribution < -0.4 is 5.32 Å². The van der Waals surface area contributed by atoms with Crippen molar-refractivity contribution in [3.63, 3.8) is 0 Å². The Hall–Kier alpha value is -3.22. The smallest absolute Gasteiger partial charge is 0.316 e. The van der Waals surface area contributed by atoms with Crippen LogP contribution in [0, 0.1) is 5.82 Å². The second kappa shape index (κ2) is 5.53. The van der Waals surface area contributed by atoms with Crippen LogP contribution in [0.2, 0.25) is 0 Å². The van der Waals surface area contributed by atoms with Gasteiger partial charge in [0, 0.05) is 24.3 Å². The molecule has 4 rings (SSSR count). The number of aromatic amines is 1. The van der Waals surface area contributed by atoms with Gasteiger partial charge in [0.05, 0.1) is 5.56 Å². The van der Waals surface area contributed by atoms with Crippen molar-refractivity contribution in [2.75, 3.05) is 5.32 Å². The van der Waals surface area contributed by atoms with Crippen LogP contribution in [0.4, 0.5) is 10.4 Å². The molecule has 0 amide bonds. The number of hydrogen-bond acceptors (Lipinski definition) is 5. The van der Waals surface area contributed by atoms with E-state index < -0.39 is 0 Å². The number of nitrogens with zero attached hydrogens (tertiary/aromatic N) is 3.